The van der Waals surface area contributed by atoms with Gasteiger partial charge in [-0.25, -0.2) is 4.79 Å². The molecule has 0 N–H and O–H groups in total. The Hall–Kier alpha value is -2.78. The van der Waals surface area contributed by atoms with Crippen molar-refractivity contribution in [3.63, 3.8) is 0 Å². The van der Waals surface area contributed by atoms with Gasteiger partial charge in [-0.3, -0.25) is 14.5 Å². The molecule has 33 heavy (non-hydrogen) atoms. The highest BCUT2D eigenvalue weighted by Gasteiger charge is 2.41. The SMILES string of the molecule is CCOc1cc(/C=C2/SC(=O)N([C@@H](C)C(=O)OC)C2=O)cc(Br)c1OCc1ccc(C)cc1. The van der Waals surface area contributed by atoms with Gasteiger partial charge in [-0.15, -0.1) is 0 Å². The number of aryl methyl sites for hydroxylation is 1. The van der Waals surface area contributed by atoms with Gasteiger partial charge in [0.05, 0.1) is 23.1 Å². The number of carbonyl (C=O) groups excluding carboxylic acids is 3. The van der Waals surface area contributed by atoms with Gasteiger partial charge in [-0.1, -0.05) is 29.8 Å². The van der Waals surface area contributed by atoms with E-state index in [1.165, 1.54) is 19.6 Å². The number of imide groups is 1. The summed E-state index contributed by atoms with van der Waals surface area (Å²) in [5.74, 6) is -0.152. The number of halogens is 1. The number of carbonyl (C=O) groups is 3. The highest BCUT2D eigenvalue weighted by Crippen LogP contribution is 2.40. The molecule has 0 aliphatic carbocycles. The van der Waals surface area contributed by atoms with Crippen LogP contribution >= 0.6 is 27.7 Å². The Morgan fingerprint density at radius 2 is 1.88 bits per heavy atom. The first kappa shape index (κ1) is 24.9. The van der Waals surface area contributed by atoms with E-state index in [0.29, 0.717) is 34.7 Å². The maximum absolute atomic E-state index is 12.8. The lowest BCUT2D eigenvalue weighted by Gasteiger charge is -2.18. The van der Waals surface area contributed by atoms with Crippen molar-refractivity contribution in [3.8, 4) is 11.5 Å². The summed E-state index contributed by atoms with van der Waals surface area (Å²) in [7, 11) is 1.21. The van der Waals surface area contributed by atoms with E-state index in [2.05, 4.69) is 20.7 Å². The summed E-state index contributed by atoms with van der Waals surface area (Å²) in [5, 5.41) is -0.522. The van der Waals surface area contributed by atoms with Gasteiger partial charge in [0.15, 0.2) is 11.5 Å². The van der Waals surface area contributed by atoms with E-state index in [1.807, 2.05) is 38.1 Å². The fourth-order valence-electron chi connectivity index (χ4n) is 3.16. The second-order valence-corrected chi connectivity index (χ2v) is 9.14. The maximum Gasteiger partial charge on any atom is 0.328 e. The molecule has 1 heterocycles. The van der Waals surface area contributed by atoms with Gasteiger partial charge in [0, 0.05) is 0 Å². The average Bonchev–Trinajstić information content (AvgIpc) is 3.06. The molecule has 1 aliphatic heterocycles. The molecule has 2 aromatic rings. The van der Waals surface area contributed by atoms with Gasteiger partial charge in [0.1, 0.15) is 12.6 Å². The van der Waals surface area contributed by atoms with Crippen molar-refractivity contribution in [3.05, 3.63) is 62.5 Å². The molecule has 0 saturated carbocycles. The molecule has 0 bridgehead atoms. The quantitative estimate of drug-likeness (QED) is 0.334. The summed E-state index contributed by atoms with van der Waals surface area (Å²) in [6.45, 7) is 6.13. The topological polar surface area (TPSA) is 82.1 Å². The first-order valence-electron chi connectivity index (χ1n) is 10.2. The number of nitrogens with zero attached hydrogens (tertiary/aromatic N) is 1. The third-order valence-electron chi connectivity index (χ3n) is 4.89. The van der Waals surface area contributed by atoms with Crippen LogP contribution in [0.25, 0.3) is 6.08 Å². The number of rotatable bonds is 8. The summed E-state index contributed by atoms with van der Waals surface area (Å²) in [6, 6.07) is 10.6. The van der Waals surface area contributed by atoms with Crippen LogP contribution in [-0.4, -0.2) is 41.8 Å². The number of hydrogen-bond acceptors (Lipinski definition) is 7. The predicted octanol–water partition coefficient (Wildman–Crippen LogP) is 5.33. The van der Waals surface area contributed by atoms with Gasteiger partial charge >= 0.3 is 5.97 Å². The molecule has 1 saturated heterocycles. The smallest absolute Gasteiger partial charge is 0.328 e. The number of esters is 1. The monoisotopic (exact) mass is 533 g/mol. The molecule has 0 unspecified atom stereocenters. The van der Waals surface area contributed by atoms with Crippen LogP contribution in [-0.2, 0) is 20.9 Å². The Labute approximate surface area is 205 Å². The van der Waals surface area contributed by atoms with Crippen molar-refractivity contribution >= 4 is 50.9 Å². The van der Waals surface area contributed by atoms with Crippen molar-refractivity contribution < 1.29 is 28.6 Å². The molecule has 1 atom stereocenters. The fraction of sp³-hybridized carbons (Fsp3) is 0.292. The Morgan fingerprint density at radius 3 is 2.52 bits per heavy atom. The zero-order valence-electron chi connectivity index (χ0n) is 18.7. The van der Waals surface area contributed by atoms with E-state index in [1.54, 1.807) is 18.2 Å². The zero-order valence-corrected chi connectivity index (χ0v) is 21.1. The number of ether oxygens (including phenoxy) is 3. The highest BCUT2D eigenvalue weighted by atomic mass is 79.9. The summed E-state index contributed by atoms with van der Waals surface area (Å²) in [4.78, 5) is 38.0. The van der Waals surface area contributed by atoms with Gasteiger partial charge in [-0.05, 0) is 77.8 Å². The van der Waals surface area contributed by atoms with Crippen LogP contribution in [0.15, 0.2) is 45.8 Å². The van der Waals surface area contributed by atoms with Crippen molar-refractivity contribution in [2.45, 2.75) is 33.4 Å². The number of amides is 2. The van der Waals surface area contributed by atoms with E-state index in [-0.39, 0.29) is 4.91 Å². The van der Waals surface area contributed by atoms with E-state index < -0.39 is 23.2 Å². The molecule has 2 aromatic carbocycles. The van der Waals surface area contributed by atoms with Crippen LogP contribution in [0.2, 0.25) is 0 Å². The third kappa shape index (κ3) is 5.78. The minimum Gasteiger partial charge on any atom is -0.490 e. The summed E-state index contributed by atoms with van der Waals surface area (Å²) < 4.78 is 17.1. The van der Waals surface area contributed by atoms with Crippen LogP contribution in [0, 0.1) is 6.92 Å². The summed E-state index contributed by atoms with van der Waals surface area (Å²) >= 11 is 4.30. The van der Waals surface area contributed by atoms with E-state index in [4.69, 9.17) is 9.47 Å². The first-order chi connectivity index (χ1) is 15.7. The lowest BCUT2D eigenvalue weighted by Crippen LogP contribution is -2.42. The Bertz CT molecular complexity index is 1100. The molecule has 2 amide bonds. The number of hydrogen-bond donors (Lipinski definition) is 0. The standard InChI is InChI=1S/C24H24BrNO6S/c1-5-31-19-11-17(10-18(25)21(19)32-13-16-8-6-14(2)7-9-16)12-20-22(27)26(24(29)33-20)15(3)23(28)30-4/h6-12,15H,5,13H2,1-4H3/b20-12+/t15-/m0/s1. The van der Waals surface area contributed by atoms with Crippen molar-refractivity contribution in [1.29, 1.82) is 0 Å². The largest absolute Gasteiger partial charge is 0.490 e. The van der Waals surface area contributed by atoms with Crippen LogP contribution < -0.4 is 9.47 Å². The van der Waals surface area contributed by atoms with Gasteiger partial charge in [-0.2, -0.15) is 0 Å². The maximum atomic E-state index is 12.8. The Morgan fingerprint density at radius 1 is 1.18 bits per heavy atom. The first-order valence-corrected chi connectivity index (χ1v) is 11.9. The lowest BCUT2D eigenvalue weighted by molar-refractivity contribution is -0.148. The molecule has 7 nitrogen and oxygen atoms in total. The Balaban J connectivity index is 1.86. The second kappa shape index (κ2) is 10.9. The second-order valence-electron chi connectivity index (χ2n) is 7.29. The molecule has 1 fully saturated rings. The predicted molar refractivity (Wildman–Crippen MR) is 130 cm³/mol. The lowest BCUT2D eigenvalue weighted by atomic mass is 10.1. The molecule has 0 spiro atoms. The molecule has 174 valence electrons. The molecule has 0 radical (unpaired) electrons. The molecular formula is C24H24BrNO6S. The number of benzene rings is 2. The van der Waals surface area contributed by atoms with Crippen LogP contribution in [0.3, 0.4) is 0 Å². The Kier molecular flexibility index (Phi) is 8.20. The van der Waals surface area contributed by atoms with E-state index >= 15 is 0 Å². The van der Waals surface area contributed by atoms with Crippen molar-refractivity contribution in [1.82, 2.24) is 4.90 Å². The van der Waals surface area contributed by atoms with Crippen molar-refractivity contribution in [2.24, 2.45) is 0 Å². The minimum atomic E-state index is -1.00. The van der Waals surface area contributed by atoms with E-state index in [9.17, 15) is 14.4 Å². The van der Waals surface area contributed by atoms with Crippen molar-refractivity contribution in [2.75, 3.05) is 13.7 Å². The average molecular weight is 534 g/mol. The van der Waals surface area contributed by atoms with Gasteiger partial charge in [0.25, 0.3) is 11.1 Å². The highest BCUT2D eigenvalue weighted by molar-refractivity contribution is 9.10. The van der Waals surface area contributed by atoms with E-state index in [0.717, 1.165) is 22.2 Å². The van der Waals surface area contributed by atoms with Crippen LogP contribution in [0.1, 0.15) is 30.5 Å². The summed E-state index contributed by atoms with van der Waals surface area (Å²) in [6.07, 6.45) is 1.59. The summed E-state index contributed by atoms with van der Waals surface area (Å²) in [5.41, 5.74) is 2.83. The fourth-order valence-corrected chi connectivity index (χ4v) is 4.64. The number of methoxy groups -OCH3 is 1. The third-order valence-corrected chi connectivity index (χ3v) is 6.36. The normalized spacial score (nSPS) is 15.7. The van der Waals surface area contributed by atoms with Gasteiger partial charge in [0.2, 0.25) is 0 Å². The zero-order chi connectivity index (χ0) is 24.1. The van der Waals surface area contributed by atoms with Crippen LogP contribution in [0.4, 0.5) is 4.79 Å². The molecule has 9 heteroatoms. The molecule has 0 aromatic heterocycles. The van der Waals surface area contributed by atoms with Crippen LogP contribution in [0.5, 0.6) is 11.5 Å². The van der Waals surface area contributed by atoms with Gasteiger partial charge < -0.3 is 14.2 Å². The molecular weight excluding hydrogens is 510 g/mol. The molecule has 1 aliphatic rings. The number of thioether (sulfide) groups is 1. The minimum absolute atomic E-state index is 0.207. The molecule has 3 rings (SSSR count).